The molecule has 2 atom stereocenters. The van der Waals surface area contributed by atoms with Crippen LogP contribution in [0.4, 0.5) is 26.3 Å². The monoisotopic (exact) mass is 904 g/mol. The molecule has 0 spiro atoms. The van der Waals surface area contributed by atoms with Gasteiger partial charge < -0.3 is 11.7 Å². The van der Waals surface area contributed by atoms with Crippen LogP contribution < -0.4 is 11.7 Å². The van der Waals surface area contributed by atoms with Crippen LogP contribution in [-0.4, -0.2) is 73.0 Å². The Balaban J connectivity index is 1.56. The van der Waals surface area contributed by atoms with Crippen molar-refractivity contribution in [1.29, 1.82) is 0 Å². The number of benzene rings is 4. The summed E-state index contributed by atoms with van der Waals surface area (Å²) in [5.74, 6) is 6.15. The zero-order chi connectivity index (χ0) is 46.1. The number of carbonyl (C=O) groups excluding carboxylic acids is 2. The molecule has 2 amide bonds. The normalized spacial score (nSPS) is 22.2. The highest BCUT2D eigenvalue weighted by atomic mass is 32.2. The molecule has 0 radical (unpaired) electrons. The van der Waals surface area contributed by atoms with Gasteiger partial charge in [-0.25, -0.2) is 9.98 Å². The van der Waals surface area contributed by atoms with Gasteiger partial charge in [-0.3, -0.25) is 18.7 Å². The van der Waals surface area contributed by atoms with Crippen LogP contribution in [0.15, 0.2) is 93.0 Å². The van der Waals surface area contributed by atoms with Crippen molar-refractivity contribution in [3.8, 4) is 11.1 Å². The topological polar surface area (TPSA) is 244 Å². The summed E-state index contributed by atoms with van der Waals surface area (Å²) in [5.41, 5.74) is -1.62. The van der Waals surface area contributed by atoms with E-state index in [4.69, 9.17) is 11.7 Å². The maximum absolute atomic E-state index is 13.7. The summed E-state index contributed by atoms with van der Waals surface area (Å²) < 4.78 is 152. The first-order chi connectivity index (χ1) is 28.6. The predicted molar refractivity (Wildman–Crippen MR) is 216 cm³/mol. The fourth-order valence-corrected chi connectivity index (χ4v) is 11.4. The van der Waals surface area contributed by atoms with E-state index in [0.717, 1.165) is 0 Å². The van der Waals surface area contributed by atoms with Gasteiger partial charge in [0.25, 0.3) is 20.2 Å². The summed E-state index contributed by atoms with van der Waals surface area (Å²) in [6.45, 7) is 6.03. The van der Waals surface area contributed by atoms with Crippen LogP contribution in [0.25, 0.3) is 11.1 Å². The second kappa shape index (κ2) is 15.4. The minimum atomic E-state index is -5.40. The number of rotatable bonds is 5. The Bertz CT molecular complexity index is 2720. The maximum atomic E-state index is 13.7. The number of nitrogens with zero attached hydrogens (tertiary/aromatic N) is 4. The molecule has 0 heterocycles. The van der Waals surface area contributed by atoms with E-state index in [1.165, 1.54) is 100 Å². The van der Waals surface area contributed by atoms with Crippen molar-refractivity contribution in [1.82, 2.24) is 0 Å². The van der Waals surface area contributed by atoms with E-state index in [2.05, 4.69) is 20.2 Å². The lowest BCUT2D eigenvalue weighted by Crippen LogP contribution is -2.47. The van der Waals surface area contributed by atoms with Gasteiger partial charge in [0.15, 0.2) is 9.49 Å². The minimum absolute atomic E-state index is 0.0113. The SMILES string of the molecule is Cc1cc(-c2cc(C)c(C3(S(=O)(=O)O)CC(=NN)C(=NC(=O)C(F)(F)F)c4ccccc43)c(C)c2)cc(C)c1C1(S(=O)(=O)O)CC(=NN)C(=NC(=O)C(F)(F)F)c2ccccc21. The summed E-state index contributed by atoms with van der Waals surface area (Å²) in [5, 5.41) is 7.02. The van der Waals surface area contributed by atoms with E-state index in [-0.39, 0.29) is 55.6 Å². The number of halogens is 6. The quantitative estimate of drug-likeness (QED) is 0.0783. The van der Waals surface area contributed by atoms with Crippen molar-refractivity contribution < 1.29 is 61.9 Å². The number of hydrogen-bond donors (Lipinski definition) is 4. The van der Waals surface area contributed by atoms with E-state index in [0.29, 0.717) is 11.1 Å². The Hall–Kier alpha value is -6.10. The van der Waals surface area contributed by atoms with Crippen molar-refractivity contribution in [2.24, 2.45) is 31.9 Å². The first-order valence-electron chi connectivity index (χ1n) is 18.0. The van der Waals surface area contributed by atoms with Crippen LogP contribution in [0.3, 0.4) is 0 Å². The molecule has 6 N–H and O–H groups in total. The average molecular weight is 905 g/mol. The lowest BCUT2D eigenvalue weighted by Gasteiger charge is -2.40. The largest absolute Gasteiger partial charge is 0.473 e. The third-order valence-corrected chi connectivity index (χ3v) is 13.8. The van der Waals surface area contributed by atoms with E-state index < -0.39 is 89.6 Å². The van der Waals surface area contributed by atoms with Crippen molar-refractivity contribution in [3.05, 3.63) is 128 Å². The summed E-state index contributed by atoms with van der Waals surface area (Å²) in [6.07, 6.45) is -12.5. The molecule has 0 saturated heterocycles. The van der Waals surface area contributed by atoms with Crippen LogP contribution in [0, 0.1) is 27.7 Å². The minimum Gasteiger partial charge on any atom is -0.323 e. The third-order valence-electron chi connectivity index (χ3n) is 10.9. The fraction of sp³-hybridized carbons (Fsp3) is 0.250. The molecule has 22 heteroatoms. The number of aryl methyl sites for hydroxylation is 4. The van der Waals surface area contributed by atoms with Gasteiger partial charge in [-0.15, -0.1) is 0 Å². The molecule has 2 unspecified atom stereocenters. The molecule has 326 valence electrons. The number of nitrogens with two attached hydrogens (primary N) is 2. The molecule has 4 aromatic carbocycles. The number of fused-ring (bicyclic) bond motifs is 2. The van der Waals surface area contributed by atoms with Gasteiger partial charge in [0.2, 0.25) is 0 Å². The Morgan fingerprint density at radius 2 is 0.871 bits per heavy atom. The maximum Gasteiger partial charge on any atom is 0.473 e. The van der Waals surface area contributed by atoms with Gasteiger partial charge in [-0.05, 0) is 83.3 Å². The Kier molecular flexibility index (Phi) is 11.3. The fourth-order valence-electron chi connectivity index (χ4n) is 8.72. The molecule has 0 fully saturated rings. The molecule has 0 saturated carbocycles. The number of hydrogen-bond acceptors (Lipinski definition) is 10. The first-order valence-corrected chi connectivity index (χ1v) is 20.8. The third kappa shape index (κ3) is 7.28. The van der Waals surface area contributed by atoms with Crippen molar-refractivity contribution >= 4 is 54.9 Å². The lowest BCUT2D eigenvalue weighted by molar-refractivity contribution is -0.169. The Morgan fingerprint density at radius 3 is 1.13 bits per heavy atom. The van der Waals surface area contributed by atoms with Crippen molar-refractivity contribution in [3.63, 3.8) is 0 Å². The van der Waals surface area contributed by atoms with Crippen LogP contribution in [0.1, 0.15) is 68.5 Å². The summed E-state index contributed by atoms with van der Waals surface area (Å²) in [7, 11) is -10.6. The van der Waals surface area contributed by atoms with Crippen LogP contribution in [0.2, 0.25) is 0 Å². The van der Waals surface area contributed by atoms with E-state index in [9.17, 15) is 61.9 Å². The van der Waals surface area contributed by atoms with Crippen LogP contribution in [0.5, 0.6) is 0 Å². The van der Waals surface area contributed by atoms with Crippen LogP contribution >= 0.6 is 0 Å². The summed E-state index contributed by atoms with van der Waals surface area (Å²) in [6, 6.07) is 16.5. The molecule has 4 aromatic rings. The Labute approximate surface area is 349 Å². The molecule has 0 aliphatic heterocycles. The number of amides is 2. The molecular weight excluding hydrogens is 871 g/mol. The molecule has 14 nitrogen and oxygen atoms in total. The Morgan fingerprint density at radius 1 is 0.581 bits per heavy atom. The number of aliphatic imine (C=N–C) groups is 2. The number of hydrazone groups is 2. The smallest absolute Gasteiger partial charge is 0.323 e. The highest BCUT2D eigenvalue weighted by Gasteiger charge is 2.56. The molecule has 0 bridgehead atoms. The molecule has 0 aromatic heterocycles. The standard InChI is InChI=1S/C40H34F6N6O8S2/c1-19-13-23(14-20(2)31(19)37(61(55,56)57)17-29(51-47)33(49-35(53)39(41,42)43)25-9-5-7-11-27(25)37)24-15-21(3)32(22(4)16-24)38(62(58,59)60)18-30(52-48)34(50-36(54)40(44,45)46)26-10-6-8-12-28(26)38/h5-16H,17-18,47-48H2,1-4H3,(H,55,56,57)(H,58,59,60). The average Bonchev–Trinajstić information content (AvgIpc) is 3.16. The van der Waals surface area contributed by atoms with E-state index in [1.807, 2.05) is 0 Å². The lowest BCUT2D eigenvalue weighted by atomic mass is 9.72. The molecule has 2 aliphatic carbocycles. The number of alkyl halides is 6. The molecule has 2 aliphatic rings. The highest BCUT2D eigenvalue weighted by molar-refractivity contribution is 7.87. The van der Waals surface area contributed by atoms with Crippen LogP contribution in [-0.2, 0) is 39.3 Å². The molecule has 62 heavy (non-hydrogen) atoms. The van der Waals surface area contributed by atoms with Crippen molar-refractivity contribution in [2.45, 2.75) is 62.4 Å². The second-order valence-corrected chi connectivity index (χ2v) is 18.0. The zero-order valence-corrected chi connectivity index (χ0v) is 34.3. The zero-order valence-electron chi connectivity index (χ0n) is 32.7. The van der Waals surface area contributed by atoms with E-state index in [1.54, 1.807) is 0 Å². The predicted octanol–water partition coefficient (Wildman–Crippen LogP) is 6.04. The van der Waals surface area contributed by atoms with Gasteiger partial charge in [0.1, 0.15) is 0 Å². The second-order valence-electron chi connectivity index (χ2n) is 14.7. The van der Waals surface area contributed by atoms with Gasteiger partial charge in [-0.1, -0.05) is 72.8 Å². The van der Waals surface area contributed by atoms with Crippen molar-refractivity contribution in [2.75, 3.05) is 0 Å². The van der Waals surface area contributed by atoms with Gasteiger partial charge in [0, 0.05) is 24.0 Å². The van der Waals surface area contributed by atoms with Gasteiger partial charge >= 0.3 is 24.2 Å². The molecule has 6 rings (SSSR count). The van der Waals surface area contributed by atoms with E-state index >= 15 is 0 Å². The van der Waals surface area contributed by atoms with Gasteiger partial charge in [-0.2, -0.15) is 53.4 Å². The summed E-state index contributed by atoms with van der Waals surface area (Å²) >= 11 is 0. The molecular formula is C40H34F6N6O8S2. The summed E-state index contributed by atoms with van der Waals surface area (Å²) in [4.78, 5) is 30.4. The number of carbonyl (C=O) groups is 2. The highest BCUT2D eigenvalue weighted by Crippen LogP contribution is 2.51. The van der Waals surface area contributed by atoms with Gasteiger partial charge in [0.05, 0.1) is 22.8 Å². The first kappa shape index (κ1) is 45.4.